The van der Waals surface area contributed by atoms with Crippen LogP contribution in [0, 0.1) is 11.3 Å². The SMILES string of the molecule is CC(=O)Nc1ccc(C(=O)COC(=O)c2ccc(C#N)cc2)cc1. The molecule has 0 saturated heterocycles. The van der Waals surface area contributed by atoms with Gasteiger partial charge in [-0.25, -0.2) is 4.79 Å². The lowest BCUT2D eigenvalue weighted by molar-refractivity contribution is -0.114. The average molecular weight is 322 g/mol. The Kier molecular flexibility index (Phi) is 5.42. The number of anilines is 1. The number of carbonyl (C=O) groups excluding carboxylic acids is 3. The second-order valence-electron chi connectivity index (χ2n) is 4.95. The lowest BCUT2D eigenvalue weighted by Gasteiger charge is -2.06. The van der Waals surface area contributed by atoms with Crippen molar-refractivity contribution in [3.63, 3.8) is 0 Å². The molecule has 0 heterocycles. The van der Waals surface area contributed by atoms with Crippen molar-refractivity contribution in [2.75, 3.05) is 11.9 Å². The van der Waals surface area contributed by atoms with Gasteiger partial charge in [0.15, 0.2) is 12.4 Å². The van der Waals surface area contributed by atoms with E-state index in [0.29, 0.717) is 16.8 Å². The number of rotatable bonds is 5. The fourth-order valence-corrected chi connectivity index (χ4v) is 1.92. The number of Topliss-reactive ketones (excluding diaryl/α,β-unsaturated/α-hetero) is 1. The van der Waals surface area contributed by atoms with E-state index in [1.165, 1.54) is 31.2 Å². The molecule has 0 aromatic heterocycles. The molecule has 6 nitrogen and oxygen atoms in total. The van der Waals surface area contributed by atoms with Gasteiger partial charge in [0.1, 0.15) is 0 Å². The van der Waals surface area contributed by atoms with Crippen LogP contribution in [0.3, 0.4) is 0 Å². The van der Waals surface area contributed by atoms with Crippen molar-refractivity contribution in [1.82, 2.24) is 0 Å². The standard InChI is InChI=1S/C18H14N2O4/c1-12(21)20-16-8-6-14(7-9-16)17(22)11-24-18(23)15-4-2-13(10-19)3-5-15/h2-9H,11H2,1H3,(H,20,21). The first kappa shape index (κ1) is 16.9. The average Bonchev–Trinajstić information content (AvgIpc) is 2.59. The molecule has 0 spiro atoms. The van der Waals surface area contributed by atoms with Crippen LogP contribution in [0.1, 0.15) is 33.2 Å². The molecule has 0 radical (unpaired) electrons. The molecular formula is C18H14N2O4. The summed E-state index contributed by atoms with van der Waals surface area (Å²) in [5.41, 5.74) is 1.65. The first-order valence-electron chi connectivity index (χ1n) is 7.08. The van der Waals surface area contributed by atoms with Gasteiger partial charge in [0.2, 0.25) is 5.91 Å². The Morgan fingerprint density at radius 1 is 1.00 bits per heavy atom. The first-order valence-corrected chi connectivity index (χ1v) is 7.08. The lowest BCUT2D eigenvalue weighted by Crippen LogP contribution is -2.14. The Bertz CT molecular complexity index is 802. The maximum absolute atomic E-state index is 12.0. The summed E-state index contributed by atoms with van der Waals surface area (Å²) in [4.78, 5) is 34.8. The van der Waals surface area contributed by atoms with E-state index in [-0.39, 0.29) is 17.3 Å². The number of ether oxygens (including phenoxy) is 1. The third kappa shape index (κ3) is 4.52. The summed E-state index contributed by atoms with van der Waals surface area (Å²) in [6.45, 7) is 1.000. The minimum absolute atomic E-state index is 0.203. The summed E-state index contributed by atoms with van der Waals surface area (Å²) in [5.74, 6) is -1.19. The fraction of sp³-hybridized carbons (Fsp3) is 0.111. The topological polar surface area (TPSA) is 96.3 Å². The molecule has 1 amide bonds. The maximum Gasteiger partial charge on any atom is 0.338 e. The van der Waals surface area contributed by atoms with Crippen molar-refractivity contribution >= 4 is 23.3 Å². The van der Waals surface area contributed by atoms with Gasteiger partial charge < -0.3 is 10.1 Å². The molecular weight excluding hydrogens is 308 g/mol. The summed E-state index contributed by atoms with van der Waals surface area (Å²) in [5, 5.41) is 11.3. The molecule has 6 heteroatoms. The molecule has 2 aromatic rings. The third-order valence-electron chi connectivity index (χ3n) is 3.11. The molecule has 120 valence electrons. The van der Waals surface area contributed by atoms with Gasteiger partial charge in [-0.3, -0.25) is 9.59 Å². The zero-order chi connectivity index (χ0) is 17.5. The minimum atomic E-state index is -0.636. The van der Waals surface area contributed by atoms with E-state index in [2.05, 4.69) is 5.32 Å². The van der Waals surface area contributed by atoms with Crippen molar-refractivity contribution in [3.8, 4) is 6.07 Å². The molecule has 0 aliphatic carbocycles. The van der Waals surface area contributed by atoms with E-state index >= 15 is 0 Å². The van der Waals surface area contributed by atoms with Crippen LogP contribution in [0.15, 0.2) is 48.5 Å². The summed E-state index contributed by atoms with van der Waals surface area (Å²) < 4.78 is 4.97. The highest BCUT2D eigenvalue weighted by Gasteiger charge is 2.12. The summed E-state index contributed by atoms with van der Waals surface area (Å²) >= 11 is 0. The molecule has 2 aromatic carbocycles. The molecule has 2 rings (SSSR count). The smallest absolute Gasteiger partial charge is 0.338 e. The molecule has 0 aliphatic rings. The number of esters is 1. The number of hydrogen-bond donors (Lipinski definition) is 1. The zero-order valence-electron chi connectivity index (χ0n) is 12.9. The van der Waals surface area contributed by atoms with E-state index in [4.69, 9.17) is 10.00 Å². The van der Waals surface area contributed by atoms with E-state index in [0.717, 1.165) is 0 Å². The van der Waals surface area contributed by atoms with Crippen molar-refractivity contribution in [2.45, 2.75) is 6.92 Å². The summed E-state index contributed by atoms with van der Waals surface area (Å²) in [6, 6.07) is 14.2. The molecule has 0 atom stereocenters. The van der Waals surface area contributed by atoms with Crippen molar-refractivity contribution < 1.29 is 19.1 Å². The Labute approximate surface area is 138 Å². The van der Waals surface area contributed by atoms with Crippen LogP contribution in [0.5, 0.6) is 0 Å². The number of nitrogens with one attached hydrogen (secondary N) is 1. The largest absolute Gasteiger partial charge is 0.454 e. The Morgan fingerprint density at radius 3 is 2.12 bits per heavy atom. The van der Waals surface area contributed by atoms with Crippen LogP contribution in [-0.4, -0.2) is 24.3 Å². The van der Waals surface area contributed by atoms with Crippen molar-refractivity contribution in [2.24, 2.45) is 0 Å². The van der Waals surface area contributed by atoms with Crippen LogP contribution >= 0.6 is 0 Å². The van der Waals surface area contributed by atoms with Gasteiger partial charge in [-0.1, -0.05) is 0 Å². The number of carbonyl (C=O) groups is 3. The second-order valence-corrected chi connectivity index (χ2v) is 4.95. The Hall–Kier alpha value is -3.46. The Morgan fingerprint density at radius 2 is 1.58 bits per heavy atom. The molecule has 0 aliphatic heterocycles. The van der Waals surface area contributed by atoms with E-state index in [9.17, 15) is 14.4 Å². The molecule has 0 bridgehead atoms. The van der Waals surface area contributed by atoms with Crippen LogP contribution in [0.25, 0.3) is 0 Å². The molecule has 0 saturated carbocycles. The summed E-state index contributed by atoms with van der Waals surface area (Å²) in [7, 11) is 0. The van der Waals surface area contributed by atoms with Gasteiger partial charge in [-0.15, -0.1) is 0 Å². The predicted molar refractivity (Wildman–Crippen MR) is 86.5 cm³/mol. The monoisotopic (exact) mass is 322 g/mol. The van der Waals surface area contributed by atoms with Gasteiger partial charge in [0, 0.05) is 18.2 Å². The van der Waals surface area contributed by atoms with Crippen LogP contribution < -0.4 is 5.32 Å². The number of nitriles is 1. The van der Waals surface area contributed by atoms with E-state index in [1.807, 2.05) is 6.07 Å². The highest BCUT2D eigenvalue weighted by atomic mass is 16.5. The van der Waals surface area contributed by atoms with E-state index < -0.39 is 12.6 Å². The van der Waals surface area contributed by atoms with Gasteiger partial charge in [-0.05, 0) is 48.5 Å². The molecule has 24 heavy (non-hydrogen) atoms. The van der Waals surface area contributed by atoms with Gasteiger partial charge in [-0.2, -0.15) is 5.26 Å². The highest BCUT2D eigenvalue weighted by molar-refractivity contribution is 6.00. The lowest BCUT2D eigenvalue weighted by atomic mass is 10.1. The number of ketones is 1. The fourth-order valence-electron chi connectivity index (χ4n) is 1.92. The highest BCUT2D eigenvalue weighted by Crippen LogP contribution is 2.11. The quantitative estimate of drug-likeness (QED) is 0.674. The van der Waals surface area contributed by atoms with Crippen LogP contribution in [0.2, 0.25) is 0 Å². The van der Waals surface area contributed by atoms with Gasteiger partial charge >= 0.3 is 5.97 Å². The van der Waals surface area contributed by atoms with Crippen molar-refractivity contribution in [3.05, 3.63) is 65.2 Å². The normalized spacial score (nSPS) is 9.67. The van der Waals surface area contributed by atoms with Crippen LogP contribution in [-0.2, 0) is 9.53 Å². The van der Waals surface area contributed by atoms with E-state index in [1.54, 1.807) is 24.3 Å². The first-order chi connectivity index (χ1) is 11.5. The molecule has 0 unspecified atom stereocenters. The third-order valence-corrected chi connectivity index (χ3v) is 3.11. The van der Waals surface area contributed by atoms with Crippen LogP contribution in [0.4, 0.5) is 5.69 Å². The van der Waals surface area contributed by atoms with Gasteiger partial charge in [0.25, 0.3) is 0 Å². The molecule has 0 fully saturated rings. The second kappa shape index (κ2) is 7.70. The number of hydrogen-bond acceptors (Lipinski definition) is 5. The number of benzene rings is 2. The molecule has 1 N–H and O–H groups in total. The number of amides is 1. The van der Waals surface area contributed by atoms with Gasteiger partial charge in [0.05, 0.1) is 17.2 Å². The Balaban J connectivity index is 1.93. The summed E-state index contributed by atoms with van der Waals surface area (Å²) in [6.07, 6.45) is 0. The zero-order valence-corrected chi connectivity index (χ0v) is 12.9. The predicted octanol–water partition coefficient (Wildman–Crippen LogP) is 2.56. The number of nitrogens with zero attached hydrogens (tertiary/aromatic N) is 1. The maximum atomic E-state index is 12.0. The van der Waals surface area contributed by atoms with Crippen molar-refractivity contribution in [1.29, 1.82) is 5.26 Å². The minimum Gasteiger partial charge on any atom is -0.454 e.